The van der Waals surface area contributed by atoms with Gasteiger partial charge in [0.1, 0.15) is 22.6 Å². The number of nitrogens with one attached hydrogen (secondary N) is 1. The highest BCUT2D eigenvalue weighted by Gasteiger charge is 2.28. The average Bonchev–Trinajstić information content (AvgIpc) is 2.67. The fourth-order valence-electron chi connectivity index (χ4n) is 3.56. The summed E-state index contributed by atoms with van der Waals surface area (Å²) in [6.45, 7) is 5.51. The summed E-state index contributed by atoms with van der Waals surface area (Å²) in [5, 5.41) is 2.76. The number of piperidine rings is 1. The van der Waals surface area contributed by atoms with Gasteiger partial charge < -0.3 is 10.1 Å². The highest BCUT2D eigenvalue weighted by Crippen LogP contribution is 2.26. The third-order valence-corrected chi connectivity index (χ3v) is 6.24. The average molecular weight is 405 g/mol. The molecule has 3 atom stereocenters. The molecule has 28 heavy (non-hydrogen) atoms. The van der Waals surface area contributed by atoms with E-state index in [2.05, 4.69) is 19.2 Å². The van der Waals surface area contributed by atoms with Crippen molar-refractivity contribution >= 4 is 22.6 Å². The normalized spacial score (nSPS) is 21.1. The van der Waals surface area contributed by atoms with E-state index >= 15 is 0 Å². The smallest absolute Gasteiger partial charge is 0.255 e. The molecule has 0 radical (unpaired) electrons. The molecule has 1 heterocycles. The van der Waals surface area contributed by atoms with E-state index < -0.39 is 22.7 Å². The standard InChI is InChI=1S/C21H25FN2O3S/c1-14-9-15(2)13-24(12-14)28(26)20-10-16(7-8-19(20)22)21(25)23-17-5-4-6-18(11-17)27-3/h4-8,10-11,14-15H,9,12-13H2,1-3H3,(H,23,25). The second-order valence-electron chi connectivity index (χ2n) is 7.37. The molecular formula is C21H25FN2O3S. The number of hydrogen-bond acceptors (Lipinski definition) is 3. The fourth-order valence-corrected chi connectivity index (χ4v) is 5.08. The van der Waals surface area contributed by atoms with Gasteiger partial charge in [0, 0.05) is 30.4 Å². The lowest BCUT2D eigenvalue weighted by atomic mass is 9.94. The van der Waals surface area contributed by atoms with Gasteiger partial charge in [-0.05, 0) is 48.6 Å². The lowest BCUT2D eigenvalue weighted by Gasteiger charge is -2.33. The third-order valence-electron chi connectivity index (χ3n) is 4.78. The summed E-state index contributed by atoms with van der Waals surface area (Å²) < 4.78 is 34.3. The lowest BCUT2D eigenvalue weighted by molar-refractivity contribution is 0.102. The molecule has 1 amide bonds. The molecule has 3 unspecified atom stereocenters. The molecule has 0 spiro atoms. The van der Waals surface area contributed by atoms with E-state index in [-0.39, 0.29) is 10.5 Å². The molecule has 150 valence electrons. The van der Waals surface area contributed by atoms with Crippen molar-refractivity contribution < 1.29 is 18.1 Å². The first-order chi connectivity index (χ1) is 13.4. The van der Waals surface area contributed by atoms with E-state index in [1.807, 2.05) is 0 Å². The monoisotopic (exact) mass is 404 g/mol. The maximum Gasteiger partial charge on any atom is 0.255 e. The quantitative estimate of drug-likeness (QED) is 0.817. The Bertz CT molecular complexity index is 880. The van der Waals surface area contributed by atoms with Crippen LogP contribution in [-0.4, -0.2) is 34.6 Å². The second kappa shape index (κ2) is 8.84. The zero-order valence-corrected chi connectivity index (χ0v) is 17.1. The van der Waals surface area contributed by atoms with E-state index in [0.29, 0.717) is 36.4 Å². The van der Waals surface area contributed by atoms with Gasteiger partial charge in [-0.25, -0.2) is 12.9 Å². The first-order valence-electron chi connectivity index (χ1n) is 9.29. The van der Waals surface area contributed by atoms with Crippen LogP contribution in [-0.2, 0) is 11.0 Å². The van der Waals surface area contributed by atoms with E-state index in [9.17, 15) is 13.4 Å². The number of nitrogens with zero attached hydrogens (tertiary/aromatic N) is 1. The number of carbonyl (C=O) groups is 1. The Morgan fingerprint density at radius 1 is 1.18 bits per heavy atom. The number of carbonyl (C=O) groups excluding carboxylic acids is 1. The molecule has 5 nitrogen and oxygen atoms in total. The Morgan fingerprint density at radius 2 is 1.89 bits per heavy atom. The number of rotatable bonds is 5. The molecule has 1 aliphatic heterocycles. The Balaban J connectivity index is 1.80. The van der Waals surface area contributed by atoms with Gasteiger partial charge in [-0.3, -0.25) is 4.79 Å². The minimum atomic E-state index is -1.64. The molecule has 1 N–H and O–H groups in total. The minimum Gasteiger partial charge on any atom is -0.497 e. The van der Waals surface area contributed by atoms with Crippen LogP contribution in [0.5, 0.6) is 5.75 Å². The van der Waals surface area contributed by atoms with Crippen molar-refractivity contribution in [1.29, 1.82) is 0 Å². The van der Waals surface area contributed by atoms with Crippen LogP contribution in [0.15, 0.2) is 47.4 Å². The van der Waals surface area contributed by atoms with Crippen molar-refractivity contribution in [1.82, 2.24) is 4.31 Å². The molecule has 1 fully saturated rings. The Morgan fingerprint density at radius 3 is 2.57 bits per heavy atom. The number of amides is 1. The van der Waals surface area contributed by atoms with Crippen LogP contribution < -0.4 is 10.1 Å². The van der Waals surface area contributed by atoms with Gasteiger partial charge >= 0.3 is 0 Å². The zero-order chi connectivity index (χ0) is 20.3. The largest absolute Gasteiger partial charge is 0.497 e. The van der Waals surface area contributed by atoms with Gasteiger partial charge in [0.15, 0.2) is 0 Å². The molecule has 2 aromatic carbocycles. The highest BCUT2D eigenvalue weighted by molar-refractivity contribution is 7.82. The van der Waals surface area contributed by atoms with Crippen LogP contribution in [0.1, 0.15) is 30.6 Å². The van der Waals surface area contributed by atoms with Gasteiger partial charge in [0.05, 0.1) is 12.0 Å². The number of hydrogen-bond donors (Lipinski definition) is 1. The van der Waals surface area contributed by atoms with Crippen LogP contribution in [0, 0.1) is 17.7 Å². The maximum absolute atomic E-state index is 14.4. The predicted molar refractivity (Wildman–Crippen MR) is 108 cm³/mol. The van der Waals surface area contributed by atoms with Gasteiger partial charge in [-0.2, -0.15) is 0 Å². The molecular weight excluding hydrogens is 379 g/mol. The van der Waals surface area contributed by atoms with Crippen LogP contribution in [0.3, 0.4) is 0 Å². The Hall–Kier alpha value is -2.25. The first-order valence-corrected chi connectivity index (χ1v) is 10.4. The van der Waals surface area contributed by atoms with Gasteiger partial charge in [0.2, 0.25) is 0 Å². The highest BCUT2D eigenvalue weighted by atomic mass is 32.2. The molecule has 0 bridgehead atoms. The topological polar surface area (TPSA) is 58.6 Å². The van der Waals surface area contributed by atoms with Crippen LogP contribution >= 0.6 is 0 Å². The number of benzene rings is 2. The number of methoxy groups -OCH3 is 1. The summed E-state index contributed by atoms with van der Waals surface area (Å²) in [4.78, 5) is 12.6. The molecule has 0 saturated carbocycles. The Labute approximate surface area is 167 Å². The zero-order valence-electron chi connectivity index (χ0n) is 16.3. The number of anilines is 1. The summed E-state index contributed by atoms with van der Waals surface area (Å²) in [5.41, 5.74) is 0.820. The summed E-state index contributed by atoms with van der Waals surface area (Å²) in [5.74, 6) is 0.451. The predicted octanol–water partition coefficient (Wildman–Crippen LogP) is 4.09. The SMILES string of the molecule is COc1cccc(NC(=O)c2ccc(F)c(S(=O)N3CC(C)CC(C)C3)c2)c1. The van der Waals surface area contributed by atoms with E-state index in [0.717, 1.165) is 6.42 Å². The van der Waals surface area contributed by atoms with E-state index in [1.54, 1.807) is 35.7 Å². The Kier molecular flexibility index (Phi) is 6.46. The number of ether oxygens (including phenoxy) is 1. The fraction of sp³-hybridized carbons (Fsp3) is 0.381. The second-order valence-corrected chi connectivity index (χ2v) is 8.83. The van der Waals surface area contributed by atoms with Crippen molar-refractivity contribution in [2.24, 2.45) is 11.8 Å². The van der Waals surface area contributed by atoms with Crippen molar-refractivity contribution in [2.75, 3.05) is 25.5 Å². The molecule has 1 saturated heterocycles. The lowest BCUT2D eigenvalue weighted by Crippen LogP contribution is -2.40. The molecule has 2 aromatic rings. The maximum atomic E-state index is 14.4. The summed E-state index contributed by atoms with van der Waals surface area (Å²) in [6.07, 6.45) is 1.07. The van der Waals surface area contributed by atoms with Crippen LogP contribution in [0.4, 0.5) is 10.1 Å². The van der Waals surface area contributed by atoms with Crippen molar-refractivity contribution in [3.8, 4) is 5.75 Å². The van der Waals surface area contributed by atoms with Crippen molar-refractivity contribution in [2.45, 2.75) is 25.2 Å². The van der Waals surface area contributed by atoms with Gasteiger partial charge in [-0.15, -0.1) is 0 Å². The summed E-state index contributed by atoms with van der Waals surface area (Å²) in [6, 6.07) is 10.9. The molecule has 0 aromatic heterocycles. The van der Waals surface area contributed by atoms with Gasteiger partial charge in [0.25, 0.3) is 5.91 Å². The molecule has 0 aliphatic carbocycles. The third kappa shape index (κ3) is 4.77. The van der Waals surface area contributed by atoms with Crippen molar-refractivity contribution in [3.63, 3.8) is 0 Å². The molecule has 7 heteroatoms. The first kappa shape index (κ1) is 20.5. The number of halogens is 1. The summed E-state index contributed by atoms with van der Waals surface area (Å²) >= 11 is 0. The summed E-state index contributed by atoms with van der Waals surface area (Å²) in [7, 11) is -0.0964. The van der Waals surface area contributed by atoms with E-state index in [1.165, 1.54) is 18.2 Å². The van der Waals surface area contributed by atoms with Crippen LogP contribution in [0.25, 0.3) is 0 Å². The van der Waals surface area contributed by atoms with Crippen molar-refractivity contribution in [3.05, 3.63) is 53.8 Å². The minimum absolute atomic E-state index is 0.0413. The van der Waals surface area contributed by atoms with E-state index in [4.69, 9.17) is 4.74 Å². The van der Waals surface area contributed by atoms with Crippen LogP contribution in [0.2, 0.25) is 0 Å². The molecule has 3 rings (SSSR count). The molecule has 1 aliphatic rings. The van der Waals surface area contributed by atoms with Gasteiger partial charge in [-0.1, -0.05) is 19.9 Å².